The van der Waals surface area contributed by atoms with Crippen molar-refractivity contribution in [3.63, 3.8) is 0 Å². The SMILES string of the molecule is CCOc1cc2c(cc1CSCC(=O)N1CCC(c3ccccc3)=N1)OC(C)C2. The summed E-state index contributed by atoms with van der Waals surface area (Å²) in [4.78, 5) is 12.6. The van der Waals surface area contributed by atoms with Gasteiger partial charge in [-0.25, -0.2) is 5.01 Å². The first-order chi connectivity index (χ1) is 14.1. The molecule has 0 spiro atoms. The molecule has 6 heteroatoms. The largest absolute Gasteiger partial charge is 0.494 e. The van der Waals surface area contributed by atoms with Gasteiger partial charge in [0.05, 0.1) is 24.6 Å². The number of fused-ring (bicyclic) bond motifs is 1. The predicted octanol–water partition coefficient (Wildman–Crippen LogP) is 4.28. The van der Waals surface area contributed by atoms with Gasteiger partial charge in [0.15, 0.2) is 0 Å². The zero-order valence-electron chi connectivity index (χ0n) is 16.9. The Morgan fingerprint density at radius 3 is 2.93 bits per heavy atom. The molecule has 5 nitrogen and oxygen atoms in total. The maximum absolute atomic E-state index is 12.6. The van der Waals surface area contributed by atoms with Crippen molar-refractivity contribution < 1.29 is 14.3 Å². The first-order valence-corrected chi connectivity index (χ1v) is 11.3. The summed E-state index contributed by atoms with van der Waals surface area (Å²) in [5, 5.41) is 6.13. The van der Waals surface area contributed by atoms with Crippen LogP contribution in [0.2, 0.25) is 0 Å². The molecule has 152 valence electrons. The van der Waals surface area contributed by atoms with Crippen LogP contribution in [0.1, 0.15) is 37.0 Å². The third kappa shape index (κ3) is 4.58. The van der Waals surface area contributed by atoms with E-state index in [0.717, 1.165) is 41.2 Å². The number of rotatable bonds is 7. The lowest BCUT2D eigenvalue weighted by Gasteiger charge is -2.14. The summed E-state index contributed by atoms with van der Waals surface area (Å²) >= 11 is 1.59. The molecule has 1 amide bonds. The number of amides is 1. The quantitative estimate of drug-likeness (QED) is 0.684. The predicted molar refractivity (Wildman–Crippen MR) is 117 cm³/mol. The molecule has 2 aromatic rings. The highest BCUT2D eigenvalue weighted by molar-refractivity contribution is 7.99. The molecule has 2 aliphatic rings. The highest BCUT2D eigenvalue weighted by Crippen LogP contribution is 2.36. The van der Waals surface area contributed by atoms with Gasteiger partial charge in [-0.1, -0.05) is 30.3 Å². The molecule has 0 aliphatic carbocycles. The number of nitrogens with zero attached hydrogens (tertiary/aromatic N) is 2. The van der Waals surface area contributed by atoms with Crippen LogP contribution in [-0.4, -0.2) is 41.6 Å². The monoisotopic (exact) mass is 410 g/mol. The van der Waals surface area contributed by atoms with Gasteiger partial charge in [-0.3, -0.25) is 4.79 Å². The van der Waals surface area contributed by atoms with E-state index in [1.54, 1.807) is 16.8 Å². The fraction of sp³-hybridized carbons (Fsp3) is 0.391. The zero-order chi connectivity index (χ0) is 20.2. The Labute approximate surface area is 176 Å². The molecular weight excluding hydrogens is 384 g/mol. The Kier molecular flexibility index (Phi) is 6.09. The second kappa shape index (κ2) is 8.91. The molecule has 2 heterocycles. The van der Waals surface area contributed by atoms with Gasteiger partial charge >= 0.3 is 0 Å². The molecule has 0 bridgehead atoms. The molecule has 0 aromatic heterocycles. The van der Waals surface area contributed by atoms with E-state index in [1.165, 1.54) is 5.56 Å². The average molecular weight is 411 g/mol. The second-order valence-corrected chi connectivity index (χ2v) is 8.29. The van der Waals surface area contributed by atoms with E-state index in [-0.39, 0.29) is 12.0 Å². The van der Waals surface area contributed by atoms with Crippen LogP contribution in [0.4, 0.5) is 0 Å². The minimum atomic E-state index is 0.0462. The van der Waals surface area contributed by atoms with Crippen LogP contribution < -0.4 is 9.47 Å². The Balaban J connectivity index is 1.36. The van der Waals surface area contributed by atoms with Crippen molar-refractivity contribution in [3.8, 4) is 11.5 Å². The van der Waals surface area contributed by atoms with Gasteiger partial charge < -0.3 is 9.47 Å². The van der Waals surface area contributed by atoms with Crippen LogP contribution >= 0.6 is 11.8 Å². The molecular formula is C23H26N2O3S. The fourth-order valence-corrected chi connectivity index (χ4v) is 4.55. The summed E-state index contributed by atoms with van der Waals surface area (Å²) in [6, 6.07) is 14.2. The molecule has 0 radical (unpaired) electrons. The van der Waals surface area contributed by atoms with Crippen LogP contribution in [-0.2, 0) is 17.0 Å². The van der Waals surface area contributed by atoms with E-state index in [1.807, 2.05) is 37.3 Å². The normalized spacial score (nSPS) is 17.7. The van der Waals surface area contributed by atoms with Crippen LogP contribution in [0.5, 0.6) is 11.5 Å². The van der Waals surface area contributed by atoms with E-state index < -0.39 is 0 Å². The number of hydrogen-bond donors (Lipinski definition) is 0. The Bertz CT molecular complexity index is 914. The van der Waals surface area contributed by atoms with Crippen LogP contribution in [0.25, 0.3) is 0 Å². The standard InChI is InChI=1S/C23H26N2O3S/c1-3-27-21-12-18-11-16(2)28-22(18)13-19(21)14-29-15-23(26)25-10-9-20(24-25)17-7-5-4-6-8-17/h4-8,12-13,16H,3,9-11,14-15H2,1-2H3. The summed E-state index contributed by atoms with van der Waals surface area (Å²) in [6.45, 7) is 5.34. The van der Waals surface area contributed by atoms with E-state index in [0.29, 0.717) is 24.7 Å². The van der Waals surface area contributed by atoms with Crippen molar-refractivity contribution in [2.75, 3.05) is 18.9 Å². The number of benzene rings is 2. The van der Waals surface area contributed by atoms with Gasteiger partial charge in [-0.05, 0) is 31.5 Å². The summed E-state index contributed by atoms with van der Waals surface area (Å²) in [7, 11) is 0. The molecule has 0 N–H and O–H groups in total. The molecule has 2 aliphatic heterocycles. The Hall–Kier alpha value is -2.47. The smallest absolute Gasteiger partial charge is 0.252 e. The van der Waals surface area contributed by atoms with Crippen molar-refractivity contribution in [2.45, 2.75) is 38.5 Å². The first kappa shape index (κ1) is 19.8. The highest BCUT2D eigenvalue weighted by atomic mass is 32.2. The number of hydrazone groups is 1. The van der Waals surface area contributed by atoms with Crippen LogP contribution in [0, 0.1) is 0 Å². The Morgan fingerprint density at radius 2 is 2.14 bits per heavy atom. The zero-order valence-corrected chi connectivity index (χ0v) is 17.7. The maximum Gasteiger partial charge on any atom is 0.252 e. The van der Waals surface area contributed by atoms with E-state index in [2.05, 4.69) is 24.2 Å². The van der Waals surface area contributed by atoms with E-state index in [9.17, 15) is 4.79 Å². The number of carbonyl (C=O) groups excluding carboxylic acids is 1. The number of hydrogen-bond acceptors (Lipinski definition) is 5. The molecule has 0 saturated heterocycles. The third-order valence-electron chi connectivity index (χ3n) is 5.06. The molecule has 4 rings (SSSR count). The average Bonchev–Trinajstić information content (AvgIpc) is 3.35. The topological polar surface area (TPSA) is 51.1 Å². The number of carbonyl (C=O) groups is 1. The molecule has 1 unspecified atom stereocenters. The molecule has 0 fully saturated rings. The van der Waals surface area contributed by atoms with Gasteiger partial charge in [0.2, 0.25) is 0 Å². The van der Waals surface area contributed by atoms with Gasteiger partial charge in [-0.2, -0.15) is 5.10 Å². The second-order valence-electron chi connectivity index (χ2n) is 7.31. The lowest BCUT2D eigenvalue weighted by molar-refractivity contribution is -0.127. The van der Waals surface area contributed by atoms with Crippen molar-refractivity contribution >= 4 is 23.4 Å². The van der Waals surface area contributed by atoms with Crippen molar-refractivity contribution in [3.05, 3.63) is 59.2 Å². The molecule has 0 saturated carbocycles. The number of thioether (sulfide) groups is 1. The summed E-state index contributed by atoms with van der Waals surface area (Å²) in [5.74, 6) is 2.99. The van der Waals surface area contributed by atoms with Gasteiger partial charge in [0.1, 0.15) is 17.6 Å². The molecule has 2 aromatic carbocycles. The Morgan fingerprint density at radius 1 is 1.31 bits per heavy atom. The summed E-state index contributed by atoms with van der Waals surface area (Å²) in [5.41, 5.74) is 4.34. The lowest BCUT2D eigenvalue weighted by Crippen LogP contribution is -2.25. The number of ether oxygens (including phenoxy) is 2. The minimum Gasteiger partial charge on any atom is -0.494 e. The van der Waals surface area contributed by atoms with Gasteiger partial charge in [0, 0.05) is 29.7 Å². The van der Waals surface area contributed by atoms with Crippen molar-refractivity contribution in [1.82, 2.24) is 5.01 Å². The van der Waals surface area contributed by atoms with Crippen molar-refractivity contribution in [1.29, 1.82) is 0 Å². The lowest BCUT2D eigenvalue weighted by atomic mass is 10.1. The molecule has 1 atom stereocenters. The fourth-order valence-electron chi connectivity index (χ4n) is 3.68. The maximum atomic E-state index is 12.6. The van der Waals surface area contributed by atoms with E-state index >= 15 is 0 Å². The summed E-state index contributed by atoms with van der Waals surface area (Å²) in [6.07, 6.45) is 1.92. The molecule has 29 heavy (non-hydrogen) atoms. The third-order valence-corrected chi connectivity index (χ3v) is 6.03. The van der Waals surface area contributed by atoms with Gasteiger partial charge in [0.25, 0.3) is 5.91 Å². The van der Waals surface area contributed by atoms with Crippen LogP contribution in [0.3, 0.4) is 0 Å². The highest BCUT2D eigenvalue weighted by Gasteiger charge is 2.23. The van der Waals surface area contributed by atoms with E-state index in [4.69, 9.17) is 9.47 Å². The van der Waals surface area contributed by atoms with Crippen LogP contribution in [0.15, 0.2) is 47.6 Å². The van der Waals surface area contributed by atoms with Gasteiger partial charge in [-0.15, -0.1) is 11.8 Å². The summed E-state index contributed by atoms with van der Waals surface area (Å²) < 4.78 is 11.7. The minimum absolute atomic E-state index is 0.0462. The first-order valence-electron chi connectivity index (χ1n) is 10.1. The van der Waals surface area contributed by atoms with Crippen molar-refractivity contribution in [2.24, 2.45) is 5.10 Å².